The van der Waals surface area contributed by atoms with E-state index in [1.54, 1.807) is 6.92 Å². The van der Waals surface area contributed by atoms with Crippen LogP contribution in [0.2, 0.25) is 0 Å². The van der Waals surface area contributed by atoms with Crippen molar-refractivity contribution < 1.29 is 13.9 Å². The summed E-state index contributed by atoms with van der Waals surface area (Å²) in [4.78, 5) is 14.3. The average Bonchev–Trinajstić information content (AvgIpc) is 2.08. The third kappa shape index (κ3) is 1.58. The molecule has 1 heterocycles. The Morgan fingerprint density at radius 3 is 2.83 bits per heavy atom. The number of rotatable bonds is 1. The number of hydrogen-bond acceptors (Lipinski definition) is 3. The SMILES string of the molecule is COC(=O)c1nc(F)ccc1C. The molecule has 1 rings (SSSR count). The van der Waals surface area contributed by atoms with Crippen LogP contribution in [0.4, 0.5) is 4.39 Å². The Labute approximate surface area is 69.2 Å². The van der Waals surface area contributed by atoms with E-state index in [2.05, 4.69) is 9.72 Å². The van der Waals surface area contributed by atoms with Crippen LogP contribution in [0.1, 0.15) is 16.1 Å². The summed E-state index contributed by atoms with van der Waals surface area (Å²) >= 11 is 0. The molecule has 0 fully saturated rings. The minimum atomic E-state index is -0.680. The lowest BCUT2D eigenvalue weighted by atomic mass is 10.2. The van der Waals surface area contributed by atoms with Crippen LogP contribution in [0.25, 0.3) is 0 Å². The maximum atomic E-state index is 12.5. The predicted octanol–water partition coefficient (Wildman–Crippen LogP) is 1.32. The highest BCUT2D eigenvalue weighted by molar-refractivity contribution is 5.88. The molecule has 1 aromatic heterocycles. The summed E-state index contributed by atoms with van der Waals surface area (Å²) in [5.41, 5.74) is 0.626. The van der Waals surface area contributed by atoms with Crippen molar-refractivity contribution in [3.63, 3.8) is 0 Å². The highest BCUT2D eigenvalue weighted by Gasteiger charge is 2.11. The van der Waals surface area contributed by atoms with Gasteiger partial charge in [-0.1, -0.05) is 6.07 Å². The summed E-state index contributed by atoms with van der Waals surface area (Å²) in [5.74, 6) is -1.30. The maximum absolute atomic E-state index is 12.5. The molecule has 0 saturated carbocycles. The monoisotopic (exact) mass is 169 g/mol. The van der Waals surface area contributed by atoms with E-state index < -0.39 is 11.9 Å². The third-order valence-corrected chi connectivity index (χ3v) is 1.44. The Morgan fingerprint density at radius 2 is 2.25 bits per heavy atom. The van der Waals surface area contributed by atoms with Crippen LogP contribution in [0.5, 0.6) is 0 Å². The van der Waals surface area contributed by atoms with Crippen molar-refractivity contribution in [3.05, 3.63) is 29.3 Å². The molecule has 0 aliphatic carbocycles. The van der Waals surface area contributed by atoms with Crippen LogP contribution < -0.4 is 0 Å². The van der Waals surface area contributed by atoms with Gasteiger partial charge in [0.1, 0.15) is 0 Å². The Balaban J connectivity index is 3.13. The molecule has 1 aromatic rings. The van der Waals surface area contributed by atoms with E-state index in [0.29, 0.717) is 5.56 Å². The number of pyridine rings is 1. The molecule has 0 aliphatic rings. The molecule has 0 amide bonds. The number of methoxy groups -OCH3 is 1. The van der Waals surface area contributed by atoms with Crippen LogP contribution >= 0.6 is 0 Å². The minimum Gasteiger partial charge on any atom is -0.464 e. The fourth-order valence-corrected chi connectivity index (χ4v) is 0.808. The van der Waals surface area contributed by atoms with Crippen LogP contribution in [0.15, 0.2) is 12.1 Å². The number of ether oxygens (including phenoxy) is 1. The zero-order valence-corrected chi connectivity index (χ0v) is 6.80. The largest absolute Gasteiger partial charge is 0.464 e. The Bertz CT molecular complexity index is 312. The van der Waals surface area contributed by atoms with E-state index in [1.807, 2.05) is 0 Å². The predicted molar refractivity (Wildman–Crippen MR) is 40.3 cm³/mol. The van der Waals surface area contributed by atoms with Crippen LogP contribution in [-0.2, 0) is 4.74 Å². The lowest BCUT2D eigenvalue weighted by molar-refractivity contribution is 0.0591. The van der Waals surface area contributed by atoms with Gasteiger partial charge >= 0.3 is 5.97 Å². The molecule has 0 N–H and O–H groups in total. The van der Waals surface area contributed by atoms with E-state index in [0.717, 1.165) is 0 Å². The summed E-state index contributed by atoms with van der Waals surface area (Å²) in [6, 6.07) is 2.68. The summed E-state index contributed by atoms with van der Waals surface area (Å²) < 4.78 is 16.9. The van der Waals surface area contributed by atoms with Gasteiger partial charge in [0.05, 0.1) is 7.11 Å². The second-order valence-electron chi connectivity index (χ2n) is 2.29. The standard InChI is InChI=1S/C8H8FNO2/c1-5-3-4-6(9)10-7(5)8(11)12-2/h3-4H,1-2H3. The zero-order chi connectivity index (χ0) is 9.14. The zero-order valence-electron chi connectivity index (χ0n) is 6.80. The fourth-order valence-electron chi connectivity index (χ4n) is 0.808. The van der Waals surface area contributed by atoms with Gasteiger partial charge in [-0.3, -0.25) is 0 Å². The highest BCUT2D eigenvalue weighted by Crippen LogP contribution is 2.06. The minimum absolute atomic E-state index is 0.0255. The smallest absolute Gasteiger partial charge is 0.357 e. The summed E-state index contributed by atoms with van der Waals surface area (Å²) in [5, 5.41) is 0. The fraction of sp³-hybridized carbons (Fsp3) is 0.250. The van der Waals surface area contributed by atoms with Crippen molar-refractivity contribution in [2.75, 3.05) is 7.11 Å². The van der Waals surface area contributed by atoms with Crippen LogP contribution in [-0.4, -0.2) is 18.1 Å². The molecular formula is C8H8FNO2. The number of halogens is 1. The molecule has 12 heavy (non-hydrogen) atoms. The highest BCUT2D eigenvalue weighted by atomic mass is 19.1. The summed E-state index contributed by atoms with van der Waals surface area (Å²) in [7, 11) is 1.23. The Morgan fingerprint density at radius 1 is 1.58 bits per heavy atom. The Kier molecular flexibility index (Phi) is 2.38. The van der Waals surface area contributed by atoms with Crippen LogP contribution in [0.3, 0.4) is 0 Å². The van der Waals surface area contributed by atoms with E-state index in [4.69, 9.17) is 0 Å². The Hall–Kier alpha value is -1.45. The van der Waals surface area contributed by atoms with Crippen molar-refractivity contribution in [1.29, 1.82) is 0 Å². The first-order valence-corrected chi connectivity index (χ1v) is 3.36. The molecule has 0 bridgehead atoms. The van der Waals surface area contributed by atoms with E-state index in [-0.39, 0.29) is 5.69 Å². The van der Waals surface area contributed by atoms with Gasteiger partial charge in [0.2, 0.25) is 5.95 Å². The van der Waals surface area contributed by atoms with Crippen LogP contribution in [0, 0.1) is 12.9 Å². The molecular weight excluding hydrogens is 161 g/mol. The van der Waals surface area contributed by atoms with Crippen molar-refractivity contribution >= 4 is 5.97 Å². The maximum Gasteiger partial charge on any atom is 0.357 e. The summed E-state index contributed by atoms with van der Waals surface area (Å²) in [6.45, 7) is 1.67. The second kappa shape index (κ2) is 3.30. The van der Waals surface area contributed by atoms with Crippen molar-refractivity contribution in [2.45, 2.75) is 6.92 Å². The first kappa shape index (κ1) is 8.64. The first-order valence-electron chi connectivity index (χ1n) is 3.36. The molecule has 0 radical (unpaired) electrons. The molecule has 0 unspecified atom stereocenters. The van der Waals surface area contributed by atoms with E-state index >= 15 is 0 Å². The number of hydrogen-bond donors (Lipinski definition) is 0. The molecule has 0 saturated heterocycles. The normalized spacial score (nSPS) is 9.58. The average molecular weight is 169 g/mol. The molecule has 0 atom stereocenters. The van der Waals surface area contributed by atoms with E-state index in [1.165, 1.54) is 19.2 Å². The van der Waals surface area contributed by atoms with Gasteiger partial charge in [-0.15, -0.1) is 0 Å². The van der Waals surface area contributed by atoms with Gasteiger partial charge in [0.25, 0.3) is 0 Å². The van der Waals surface area contributed by atoms with Gasteiger partial charge < -0.3 is 4.74 Å². The van der Waals surface area contributed by atoms with Crippen molar-refractivity contribution in [3.8, 4) is 0 Å². The van der Waals surface area contributed by atoms with Gasteiger partial charge in [-0.25, -0.2) is 9.78 Å². The third-order valence-electron chi connectivity index (χ3n) is 1.44. The molecule has 3 nitrogen and oxygen atoms in total. The molecule has 4 heteroatoms. The number of nitrogens with zero attached hydrogens (tertiary/aromatic N) is 1. The number of aromatic nitrogens is 1. The summed E-state index contributed by atoms with van der Waals surface area (Å²) in [6.07, 6.45) is 0. The topological polar surface area (TPSA) is 39.2 Å². The number of aryl methyl sites for hydroxylation is 1. The molecule has 64 valence electrons. The number of esters is 1. The second-order valence-corrected chi connectivity index (χ2v) is 2.29. The van der Waals surface area contributed by atoms with E-state index in [9.17, 15) is 9.18 Å². The first-order chi connectivity index (χ1) is 5.65. The molecule has 0 aliphatic heterocycles. The lowest BCUT2D eigenvalue weighted by Gasteiger charge is -2.01. The van der Waals surface area contributed by atoms with Crippen molar-refractivity contribution in [2.24, 2.45) is 0 Å². The molecule has 0 spiro atoms. The lowest BCUT2D eigenvalue weighted by Crippen LogP contribution is -2.07. The van der Waals surface area contributed by atoms with Gasteiger partial charge in [-0.2, -0.15) is 4.39 Å². The van der Waals surface area contributed by atoms with Gasteiger partial charge in [0.15, 0.2) is 5.69 Å². The van der Waals surface area contributed by atoms with Crippen molar-refractivity contribution in [1.82, 2.24) is 4.98 Å². The van der Waals surface area contributed by atoms with Gasteiger partial charge in [0, 0.05) is 0 Å². The van der Waals surface area contributed by atoms with Gasteiger partial charge in [-0.05, 0) is 18.6 Å². The number of carbonyl (C=O) groups is 1. The molecule has 0 aromatic carbocycles. The quantitative estimate of drug-likeness (QED) is 0.470. The number of carbonyl (C=O) groups excluding carboxylic acids is 1.